The van der Waals surface area contributed by atoms with E-state index in [1.165, 1.54) is 11.3 Å². The van der Waals surface area contributed by atoms with E-state index in [2.05, 4.69) is 36.4 Å². The van der Waals surface area contributed by atoms with Crippen LogP contribution in [-0.2, 0) is 0 Å². The van der Waals surface area contributed by atoms with Gasteiger partial charge in [-0.2, -0.15) is 0 Å². The van der Waals surface area contributed by atoms with Gasteiger partial charge in [0.2, 0.25) is 0 Å². The van der Waals surface area contributed by atoms with Crippen LogP contribution in [0.3, 0.4) is 0 Å². The van der Waals surface area contributed by atoms with Crippen LogP contribution in [0.2, 0.25) is 5.02 Å². The summed E-state index contributed by atoms with van der Waals surface area (Å²) in [6.07, 6.45) is 1.20. The van der Waals surface area contributed by atoms with Gasteiger partial charge in [0, 0.05) is 23.0 Å². The van der Waals surface area contributed by atoms with Crippen LogP contribution in [-0.4, -0.2) is 44.4 Å². The van der Waals surface area contributed by atoms with Crippen LogP contribution in [0.5, 0.6) is 0 Å². The molecule has 1 aromatic rings. The molecule has 0 saturated heterocycles. The lowest BCUT2D eigenvalue weighted by Crippen LogP contribution is -2.27. The molecule has 0 aliphatic heterocycles. The average molecular weight is 273 g/mol. The third kappa shape index (κ3) is 7.66. The highest BCUT2D eigenvalue weighted by atomic mass is 35.5. The van der Waals surface area contributed by atoms with Crippen molar-refractivity contribution >= 4 is 23.4 Å². The number of likely N-dealkylation sites (N-methyl/N-ethyl adjacent to an activating group) is 1. The van der Waals surface area contributed by atoms with Crippen LogP contribution >= 0.6 is 23.4 Å². The number of hydrogen-bond donors (Lipinski definition) is 1. The van der Waals surface area contributed by atoms with Crippen molar-refractivity contribution < 1.29 is 0 Å². The summed E-state index contributed by atoms with van der Waals surface area (Å²) in [6, 6.07) is 8.04. The largest absolute Gasteiger partial charge is 0.315 e. The fourth-order valence-corrected chi connectivity index (χ4v) is 2.32. The first-order valence-corrected chi connectivity index (χ1v) is 7.28. The number of nitrogens with zero attached hydrogens (tertiary/aromatic N) is 1. The predicted molar refractivity (Wildman–Crippen MR) is 78.2 cm³/mol. The summed E-state index contributed by atoms with van der Waals surface area (Å²) in [5.74, 6) is 1.15. The number of benzene rings is 1. The van der Waals surface area contributed by atoms with Crippen molar-refractivity contribution in [3.63, 3.8) is 0 Å². The first-order chi connectivity index (χ1) is 8.18. The Balaban J connectivity index is 1.99. The molecule has 0 spiro atoms. The van der Waals surface area contributed by atoms with Crippen LogP contribution in [0.4, 0.5) is 0 Å². The molecule has 4 heteroatoms. The Morgan fingerprint density at radius 2 is 1.88 bits per heavy atom. The number of hydrogen-bond acceptors (Lipinski definition) is 3. The molecule has 0 bridgehead atoms. The van der Waals surface area contributed by atoms with E-state index in [0.717, 1.165) is 30.4 Å². The maximum atomic E-state index is 5.83. The lowest BCUT2D eigenvalue weighted by molar-refractivity contribution is 0.400. The Hall–Kier alpha value is -0.220. The molecule has 0 unspecified atom stereocenters. The standard InChI is InChI=1S/C13H21ClN2S/c1-16(2)10-9-15-8-3-11-17-13-6-4-12(14)5-7-13/h4-7,15H,3,8-11H2,1-2H3. The molecule has 0 heterocycles. The number of thioether (sulfide) groups is 1. The number of rotatable bonds is 8. The molecule has 0 fully saturated rings. The van der Waals surface area contributed by atoms with Gasteiger partial charge in [-0.3, -0.25) is 0 Å². The predicted octanol–water partition coefficient (Wildman–Crippen LogP) is 2.97. The third-order valence-corrected chi connectivity index (χ3v) is 3.67. The van der Waals surface area contributed by atoms with Gasteiger partial charge in [0.05, 0.1) is 0 Å². The van der Waals surface area contributed by atoms with Gasteiger partial charge in [-0.1, -0.05) is 11.6 Å². The van der Waals surface area contributed by atoms with Crippen molar-refractivity contribution in [3.05, 3.63) is 29.3 Å². The van der Waals surface area contributed by atoms with Crippen molar-refractivity contribution in [2.45, 2.75) is 11.3 Å². The summed E-state index contributed by atoms with van der Waals surface area (Å²) in [5.41, 5.74) is 0. The van der Waals surface area contributed by atoms with E-state index in [1.54, 1.807) is 0 Å². The second-order valence-corrected chi connectivity index (χ2v) is 5.81. The Morgan fingerprint density at radius 1 is 1.18 bits per heavy atom. The minimum absolute atomic E-state index is 0.805. The maximum Gasteiger partial charge on any atom is 0.0406 e. The van der Waals surface area contributed by atoms with Crippen LogP contribution in [0, 0.1) is 0 Å². The second-order valence-electron chi connectivity index (χ2n) is 4.21. The van der Waals surface area contributed by atoms with E-state index in [4.69, 9.17) is 11.6 Å². The summed E-state index contributed by atoms with van der Waals surface area (Å²) in [5, 5.41) is 4.24. The minimum Gasteiger partial charge on any atom is -0.315 e. The molecule has 0 aromatic heterocycles. The normalized spacial score (nSPS) is 11.1. The molecule has 0 aliphatic rings. The van der Waals surface area contributed by atoms with Crippen molar-refractivity contribution in [1.29, 1.82) is 0 Å². The van der Waals surface area contributed by atoms with Crippen LogP contribution in [0.1, 0.15) is 6.42 Å². The maximum absolute atomic E-state index is 5.83. The monoisotopic (exact) mass is 272 g/mol. The molecule has 0 amide bonds. The van der Waals surface area contributed by atoms with Crippen LogP contribution < -0.4 is 5.32 Å². The zero-order valence-corrected chi connectivity index (χ0v) is 12.2. The summed E-state index contributed by atoms with van der Waals surface area (Å²) in [4.78, 5) is 3.48. The van der Waals surface area contributed by atoms with Crippen molar-refractivity contribution in [3.8, 4) is 0 Å². The molecule has 0 atom stereocenters. The van der Waals surface area contributed by atoms with E-state index in [-0.39, 0.29) is 0 Å². The SMILES string of the molecule is CN(C)CCNCCCSc1ccc(Cl)cc1. The third-order valence-electron chi connectivity index (χ3n) is 2.32. The molecule has 1 N–H and O–H groups in total. The average Bonchev–Trinajstić information content (AvgIpc) is 2.30. The van der Waals surface area contributed by atoms with E-state index in [1.807, 2.05) is 23.9 Å². The Bertz CT molecular complexity index is 301. The molecule has 0 saturated carbocycles. The molecule has 96 valence electrons. The number of nitrogens with one attached hydrogen (secondary N) is 1. The van der Waals surface area contributed by atoms with E-state index < -0.39 is 0 Å². The molecule has 0 radical (unpaired) electrons. The quantitative estimate of drug-likeness (QED) is 0.579. The van der Waals surface area contributed by atoms with Gasteiger partial charge >= 0.3 is 0 Å². The molecule has 17 heavy (non-hydrogen) atoms. The van der Waals surface area contributed by atoms with Crippen LogP contribution in [0.15, 0.2) is 29.2 Å². The Labute approximate surface area is 114 Å². The summed E-state index contributed by atoms with van der Waals surface area (Å²) in [7, 11) is 4.19. The van der Waals surface area contributed by atoms with E-state index >= 15 is 0 Å². The summed E-state index contributed by atoms with van der Waals surface area (Å²) in [6.45, 7) is 3.26. The smallest absolute Gasteiger partial charge is 0.0406 e. The van der Waals surface area contributed by atoms with E-state index in [0.29, 0.717) is 0 Å². The first kappa shape index (κ1) is 14.8. The number of halogens is 1. The molecule has 1 aromatic carbocycles. The summed E-state index contributed by atoms with van der Waals surface area (Å²) >= 11 is 7.72. The van der Waals surface area contributed by atoms with Gasteiger partial charge in [0.1, 0.15) is 0 Å². The zero-order chi connectivity index (χ0) is 12.5. The Morgan fingerprint density at radius 3 is 2.53 bits per heavy atom. The van der Waals surface area contributed by atoms with Gasteiger partial charge in [-0.25, -0.2) is 0 Å². The van der Waals surface area contributed by atoms with Gasteiger partial charge in [-0.05, 0) is 57.1 Å². The van der Waals surface area contributed by atoms with Crippen molar-refractivity contribution in [2.75, 3.05) is 39.5 Å². The van der Waals surface area contributed by atoms with Crippen molar-refractivity contribution in [2.24, 2.45) is 0 Å². The zero-order valence-electron chi connectivity index (χ0n) is 10.6. The lowest BCUT2D eigenvalue weighted by atomic mass is 10.4. The summed E-state index contributed by atoms with van der Waals surface area (Å²) < 4.78 is 0. The van der Waals surface area contributed by atoms with Gasteiger partial charge < -0.3 is 10.2 Å². The highest BCUT2D eigenvalue weighted by Crippen LogP contribution is 2.20. The van der Waals surface area contributed by atoms with Gasteiger partial charge in [0.25, 0.3) is 0 Å². The van der Waals surface area contributed by atoms with E-state index in [9.17, 15) is 0 Å². The van der Waals surface area contributed by atoms with Gasteiger partial charge in [0.15, 0.2) is 0 Å². The lowest BCUT2D eigenvalue weighted by Gasteiger charge is -2.10. The fraction of sp³-hybridized carbons (Fsp3) is 0.538. The second kappa shape index (κ2) is 8.81. The molecule has 1 rings (SSSR count). The molecular formula is C13H21ClN2S. The van der Waals surface area contributed by atoms with Crippen molar-refractivity contribution in [1.82, 2.24) is 10.2 Å². The molecule has 0 aliphatic carbocycles. The first-order valence-electron chi connectivity index (χ1n) is 5.92. The molecule has 2 nitrogen and oxygen atoms in total. The Kier molecular flexibility index (Phi) is 7.69. The fourth-order valence-electron chi connectivity index (χ4n) is 1.35. The van der Waals surface area contributed by atoms with Gasteiger partial charge in [-0.15, -0.1) is 11.8 Å². The topological polar surface area (TPSA) is 15.3 Å². The van der Waals surface area contributed by atoms with Crippen LogP contribution in [0.25, 0.3) is 0 Å². The highest BCUT2D eigenvalue weighted by molar-refractivity contribution is 7.99. The molecular weight excluding hydrogens is 252 g/mol. The minimum atomic E-state index is 0.805. The highest BCUT2D eigenvalue weighted by Gasteiger charge is 1.95.